The number of halogens is 1. The van der Waals surface area contributed by atoms with Crippen LogP contribution in [0.2, 0.25) is 5.02 Å². The highest BCUT2D eigenvalue weighted by molar-refractivity contribution is 6.30. The zero-order valence-electron chi connectivity index (χ0n) is 13.5. The lowest BCUT2D eigenvalue weighted by Crippen LogP contribution is -2.47. The molecule has 1 aliphatic rings. The van der Waals surface area contributed by atoms with Crippen LogP contribution in [0.25, 0.3) is 0 Å². The van der Waals surface area contributed by atoms with Gasteiger partial charge in [0, 0.05) is 38.3 Å². The topological polar surface area (TPSA) is 36.9 Å². The highest BCUT2D eigenvalue weighted by Gasteiger charge is 2.21. The van der Waals surface area contributed by atoms with Crippen molar-refractivity contribution in [3.05, 3.63) is 34.9 Å². The summed E-state index contributed by atoms with van der Waals surface area (Å²) < 4.78 is 5.70. The monoisotopic (exact) mass is 323 g/mol. The lowest BCUT2D eigenvalue weighted by atomic mass is 10.1. The quantitative estimate of drug-likeness (QED) is 0.668. The molecule has 0 radical (unpaired) electrons. The summed E-state index contributed by atoms with van der Waals surface area (Å²) in [4.78, 5) is 6.71. The van der Waals surface area contributed by atoms with Crippen LogP contribution in [0, 0.1) is 0 Å². The summed E-state index contributed by atoms with van der Waals surface area (Å²) in [5.41, 5.74) is 1.24. The number of nitrogens with one attached hydrogen (secondary N) is 1. The maximum atomic E-state index is 6.01. The Hall–Kier alpha value is -1.26. The smallest absolute Gasteiger partial charge is 0.193 e. The number of guanidine groups is 1. The molecule has 1 aromatic rings. The minimum Gasteiger partial charge on any atom is -0.378 e. The van der Waals surface area contributed by atoms with E-state index in [2.05, 4.69) is 28.2 Å². The van der Waals surface area contributed by atoms with Crippen LogP contribution in [0.15, 0.2) is 29.3 Å². The van der Waals surface area contributed by atoms with E-state index in [0.717, 1.165) is 56.5 Å². The lowest BCUT2D eigenvalue weighted by molar-refractivity contribution is 0.0264. The van der Waals surface area contributed by atoms with Gasteiger partial charge in [-0.05, 0) is 43.9 Å². The summed E-state index contributed by atoms with van der Waals surface area (Å²) in [6, 6.07) is 8.01. The van der Waals surface area contributed by atoms with Crippen molar-refractivity contribution < 1.29 is 4.74 Å². The van der Waals surface area contributed by atoms with Crippen LogP contribution in [0.5, 0.6) is 0 Å². The second-order valence-corrected chi connectivity index (χ2v) is 5.93. The van der Waals surface area contributed by atoms with Gasteiger partial charge in [0.1, 0.15) is 0 Å². The first-order valence-corrected chi connectivity index (χ1v) is 8.42. The maximum Gasteiger partial charge on any atom is 0.193 e. The van der Waals surface area contributed by atoms with Crippen LogP contribution in [-0.2, 0) is 11.2 Å². The SMILES string of the molecule is CCOC1CCN(C(=NC)NCCc2cccc(Cl)c2)CC1. The Morgan fingerprint density at radius 1 is 1.41 bits per heavy atom. The second-order valence-electron chi connectivity index (χ2n) is 5.50. The first-order chi connectivity index (χ1) is 10.7. The van der Waals surface area contributed by atoms with E-state index in [-0.39, 0.29) is 0 Å². The number of nitrogens with zero attached hydrogens (tertiary/aromatic N) is 2. The molecule has 0 unspecified atom stereocenters. The highest BCUT2D eigenvalue weighted by atomic mass is 35.5. The third kappa shape index (κ3) is 5.18. The fourth-order valence-corrected chi connectivity index (χ4v) is 3.03. The summed E-state index contributed by atoms with van der Waals surface area (Å²) in [5.74, 6) is 0.983. The second kappa shape index (κ2) is 9.01. The van der Waals surface area contributed by atoms with Gasteiger partial charge in [-0.15, -0.1) is 0 Å². The lowest BCUT2D eigenvalue weighted by Gasteiger charge is -2.34. The van der Waals surface area contributed by atoms with Crippen LogP contribution in [-0.4, -0.2) is 50.3 Å². The van der Waals surface area contributed by atoms with Gasteiger partial charge in [-0.3, -0.25) is 4.99 Å². The molecule has 5 heteroatoms. The van der Waals surface area contributed by atoms with Crippen LogP contribution >= 0.6 is 11.6 Å². The van der Waals surface area contributed by atoms with E-state index < -0.39 is 0 Å². The Morgan fingerprint density at radius 2 is 2.18 bits per heavy atom. The van der Waals surface area contributed by atoms with E-state index >= 15 is 0 Å². The Morgan fingerprint density at radius 3 is 2.82 bits per heavy atom. The predicted octanol–water partition coefficient (Wildman–Crippen LogP) is 2.96. The molecular weight excluding hydrogens is 298 g/mol. The van der Waals surface area contributed by atoms with Crippen LogP contribution in [0.3, 0.4) is 0 Å². The van der Waals surface area contributed by atoms with Crippen molar-refractivity contribution in [3.63, 3.8) is 0 Å². The van der Waals surface area contributed by atoms with Crippen molar-refractivity contribution in [3.8, 4) is 0 Å². The molecule has 0 aromatic heterocycles. The molecular formula is C17H26ClN3O. The first kappa shape index (κ1) is 17.1. The van der Waals surface area contributed by atoms with Gasteiger partial charge in [0.05, 0.1) is 6.10 Å². The zero-order chi connectivity index (χ0) is 15.8. The number of ether oxygens (including phenoxy) is 1. The molecule has 0 amide bonds. The van der Waals surface area contributed by atoms with E-state index in [4.69, 9.17) is 16.3 Å². The van der Waals surface area contributed by atoms with Gasteiger partial charge < -0.3 is 15.0 Å². The van der Waals surface area contributed by atoms with Crippen molar-refractivity contribution >= 4 is 17.6 Å². The van der Waals surface area contributed by atoms with Gasteiger partial charge in [0.15, 0.2) is 5.96 Å². The van der Waals surface area contributed by atoms with E-state index in [9.17, 15) is 0 Å². The molecule has 2 rings (SSSR count). The average molecular weight is 324 g/mol. The van der Waals surface area contributed by atoms with Crippen molar-refractivity contribution in [2.45, 2.75) is 32.3 Å². The van der Waals surface area contributed by atoms with Gasteiger partial charge in [-0.25, -0.2) is 0 Å². The Balaban J connectivity index is 1.76. The van der Waals surface area contributed by atoms with Gasteiger partial charge >= 0.3 is 0 Å². The Bertz CT molecular complexity index is 485. The molecule has 1 aromatic carbocycles. The fourth-order valence-electron chi connectivity index (χ4n) is 2.81. The minimum atomic E-state index is 0.408. The number of aliphatic imine (C=N–C) groups is 1. The molecule has 1 aliphatic heterocycles. The molecule has 1 N–H and O–H groups in total. The first-order valence-electron chi connectivity index (χ1n) is 8.04. The summed E-state index contributed by atoms with van der Waals surface area (Å²) in [7, 11) is 1.84. The van der Waals surface area contributed by atoms with Crippen molar-refractivity contribution in [2.24, 2.45) is 4.99 Å². The minimum absolute atomic E-state index is 0.408. The van der Waals surface area contributed by atoms with Gasteiger partial charge in [-0.2, -0.15) is 0 Å². The van der Waals surface area contributed by atoms with E-state index in [1.807, 2.05) is 25.2 Å². The maximum absolute atomic E-state index is 6.01. The zero-order valence-corrected chi connectivity index (χ0v) is 14.3. The van der Waals surface area contributed by atoms with E-state index in [1.54, 1.807) is 0 Å². The van der Waals surface area contributed by atoms with Crippen LogP contribution in [0.4, 0.5) is 0 Å². The number of likely N-dealkylation sites (tertiary alicyclic amines) is 1. The number of rotatable bonds is 5. The number of hydrogen-bond donors (Lipinski definition) is 1. The molecule has 22 heavy (non-hydrogen) atoms. The molecule has 0 bridgehead atoms. The highest BCUT2D eigenvalue weighted by Crippen LogP contribution is 2.14. The molecule has 4 nitrogen and oxygen atoms in total. The third-order valence-electron chi connectivity index (χ3n) is 3.94. The van der Waals surface area contributed by atoms with Gasteiger partial charge in [0.25, 0.3) is 0 Å². The number of piperidine rings is 1. The summed E-state index contributed by atoms with van der Waals surface area (Å²) in [6.07, 6.45) is 3.49. The molecule has 0 atom stereocenters. The fraction of sp³-hybridized carbons (Fsp3) is 0.588. The van der Waals surface area contributed by atoms with E-state index in [0.29, 0.717) is 6.10 Å². The number of hydrogen-bond acceptors (Lipinski definition) is 2. The van der Waals surface area contributed by atoms with Crippen molar-refractivity contribution in [1.29, 1.82) is 0 Å². The Kier molecular flexibility index (Phi) is 7.00. The van der Waals surface area contributed by atoms with E-state index in [1.165, 1.54) is 5.56 Å². The molecule has 0 spiro atoms. The molecule has 0 saturated carbocycles. The largest absolute Gasteiger partial charge is 0.378 e. The summed E-state index contributed by atoms with van der Waals surface area (Å²) in [6.45, 7) is 5.72. The standard InChI is InChI=1S/C17H26ClN3O/c1-3-22-16-8-11-21(12-9-16)17(19-2)20-10-7-14-5-4-6-15(18)13-14/h4-6,13,16H,3,7-12H2,1-2H3,(H,19,20). The summed E-state index contributed by atoms with van der Waals surface area (Å²) >= 11 is 6.01. The van der Waals surface area contributed by atoms with Crippen LogP contribution < -0.4 is 5.32 Å². The Labute approximate surface area is 138 Å². The van der Waals surface area contributed by atoms with Gasteiger partial charge in [-0.1, -0.05) is 23.7 Å². The molecule has 1 heterocycles. The molecule has 122 valence electrons. The van der Waals surface area contributed by atoms with Crippen LogP contribution in [0.1, 0.15) is 25.3 Å². The molecule has 0 aliphatic carbocycles. The predicted molar refractivity (Wildman–Crippen MR) is 92.7 cm³/mol. The third-order valence-corrected chi connectivity index (χ3v) is 4.18. The van der Waals surface area contributed by atoms with Crippen molar-refractivity contribution in [1.82, 2.24) is 10.2 Å². The molecule has 1 saturated heterocycles. The molecule has 1 fully saturated rings. The van der Waals surface area contributed by atoms with Crippen molar-refractivity contribution in [2.75, 3.05) is 33.3 Å². The summed E-state index contributed by atoms with van der Waals surface area (Å²) in [5, 5.41) is 4.24. The normalized spacial score (nSPS) is 16.9. The van der Waals surface area contributed by atoms with Gasteiger partial charge in [0.2, 0.25) is 0 Å². The average Bonchev–Trinajstić information content (AvgIpc) is 2.53. The number of benzene rings is 1.